The highest BCUT2D eigenvalue weighted by Gasteiger charge is 2.55. The van der Waals surface area contributed by atoms with Crippen LogP contribution in [0.5, 0.6) is 0 Å². The Kier molecular flexibility index (Phi) is 6.86. The third kappa shape index (κ3) is 5.62. The topological polar surface area (TPSA) is 32.3 Å². The lowest BCUT2D eigenvalue weighted by Crippen LogP contribution is -2.29. The smallest absolute Gasteiger partial charge is 0.243 e. The van der Waals surface area contributed by atoms with E-state index in [0.717, 1.165) is 62.2 Å². The highest BCUT2D eigenvalue weighted by Crippen LogP contribution is 2.54. The van der Waals surface area contributed by atoms with Crippen molar-refractivity contribution in [3.05, 3.63) is 83.2 Å². The van der Waals surface area contributed by atoms with Gasteiger partial charge in [0.15, 0.2) is 0 Å². The number of amides is 1. The number of allylic oxidation sites excluding steroid dienone is 7. The van der Waals surface area contributed by atoms with Crippen molar-refractivity contribution >= 4 is 5.91 Å². The second-order valence-electron chi connectivity index (χ2n) is 9.22. The predicted molar refractivity (Wildman–Crippen MR) is 124 cm³/mol. The molecule has 3 aliphatic rings. The normalized spacial score (nSPS) is 29.3. The molecule has 2 aliphatic carbocycles. The van der Waals surface area contributed by atoms with E-state index in [1.165, 1.54) is 11.1 Å². The lowest BCUT2D eigenvalue weighted by Gasteiger charge is -2.27. The number of hydrogen-bond acceptors (Lipinski definition) is 2. The fraction of sp³-hybridized carbons (Fsp3) is 0.444. The van der Waals surface area contributed by atoms with Gasteiger partial charge in [0.1, 0.15) is 5.82 Å². The van der Waals surface area contributed by atoms with Gasteiger partial charge in [0.2, 0.25) is 5.91 Å². The molecule has 4 atom stereocenters. The Labute approximate surface area is 185 Å². The maximum Gasteiger partial charge on any atom is 0.243 e. The van der Waals surface area contributed by atoms with Crippen molar-refractivity contribution in [2.45, 2.75) is 39.2 Å². The Morgan fingerprint density at radius 2 is 2.00 bits per heavy atom. The maximum atomic E-state index is 13.2. The van der Waals surface area contributed by atoms with Crippen LogP contribution in [0.25, 0.3) is 0 Å². The van der Waals surface area contributed by atoms with Gasteiger partial charge < -0.3 is 5.32 Å². The van der Waals surface area contributed by atoms with Crippen LogP contribution >= 0.6 is 0 Å². The summed E-state index contributed by atoms with van der Waals surface area (Å²) in [6.07, 6.45) is 15.0. The number of carbonyl (C=O) groups excluding carboxylic acids is 1. The van der Waals surface area contributed by atoms with Crippen LogP contribution in [0.2, 0.25) is 0 Å². The summed E-state index contributed by atoms with van der Waals surface area (Å²) in [7, 11) is 0. The Bertz CT molecular complexity index is 900. The summed E-state index contributed by atoms with van der Waals surface area (Å²) in [5, 5.41) is 3.05. The Balaban J connectivity index is 1.16. The monoisotopic (exact) mass is 420 g/mol. The third-order valence-corrected chi connectivity index (χ3v) is 7.06. The minimum atomic E-state index is -0.178. The SMILES string of the molecule is CC1=CC\C=C/C=C(/C=C/C(=O)NCCC2[C@H]3CN(C(C)c4ccc(F)cc4)C[C@@H]23)C1. The second kappa shape index (κ2) is 9.78. The quantitative estimate of drug-likeness (QED) is 0.476. The van der Waals surface area contributed by atoms with Gasteiger partial charge in [-0.25, -0.2) is 4.39 Å². The first-order chi connectivity index (χ1) is 15.0. The molecule has 1 aliphatic heterocycles. The van der Waals surface area contributed by atoms with E-state index in [4.69, 9.17) is 0 Å². The molecule has 0 aromatic heterocycles. The highest BCUT2D eigenvalue weighted by atomic mass is 19.1. The Morgan fingerprint density at radius 1 is 1.26 bits per heavy atom. The van der Waals surface area contributed by atoms with Gasteiger partial charge >= 0.3 is 0 Å². The number of halogens is 1. The van der Waals surface area contributed by atoms with Crippen molar-refractivity contribution in [1.82, 2.24) is 10.2 Å². The fourth-order valence-electron chi connectivity index (χ4n) is 5.09. The van der Waals surface area contributed by atoms with Crippen LogP contribution in [-0.4, -0.2) is 30.4 Å². The van der Waals surface area contributed by atoms with Gasteiger partial charge in [-0.1, -0.05) is 48.1 Å². The second-order valence-corrected chi connectivity index (χ2v) is 9.22. The van der Waals surface area contributed by atoms with Gasteiger partial charge in [0, 0.05) is 31.8 Å². The molecule has 0 spiro atoms. The molecule has 1 aromatic rings. The molecule has 1 heterocycles. The van der Waals surface area contributed by atoms with Crippen molar-refractivity contribution in [1.29, 1.82) is 0 Å². The predicted octanol–water partition coefficient (Wildman–Crippen LogP) is 5.35. The summed E-state index contributed by atoms with van der Waals surface area (Å²) in [4.78, 5) is 14.7. The van der Waals surface area contributed by atoms with Crippen molar-refractivity contribution in [3.63, 3.8) is 0 Å². The van der Waals surface area contributed by atoms with E-state index in [1.807, 2.05) is 18.2 Å². The molecule has 2 fully saturated rings. The van der Waals surface area contributed by atoms with E-state index >= 15 is 0 Å². The highest BCUT2D eigenvalue weighted by molar-refractivity contribution is 5.87. The van der Waals surface area contributed by atoms with Crippen molar-refractivity contribution in [2.75, 3.05) is 19.6 Å². The van der Waals surface area contributed by atoms with Gasteiger partial charge in [0.05, 0.1) is 0 Å². The molecule has 31 heavy (non-hydrogen) atoms. The summed E-state index contributed by atoms with van der Waals surface area (Å²) in [6.45, 7) is 7.30. The molecule has 2 unspecified atom stereocenters. The van der Waals surface area contributed by atoms with Crippen LogP contribution in [0.4, 0.5) is 4.39 Å². The average molecular weight is 421 g/mol. The molecule has 4 rings (SSSR count). The van der Waals surface area contributed by atoms with E-state index in [0.29, 0.717) is 6.04 Å². The largest absolute Gasteiger partial charge is 0.353 e. The standard InChI is InChI=1S/C27H33FN2O/c1-19-6-4-3-5-7-21(16-19)8-13-27(31)29-15-14-24-25-17-30(18-26(24)25)20(2)22-9-11-23(28)12-10-22/h3,5-13,20,24-26H,4,14-18H2,1-2H3,(H,29,31)/b5-3-,13-8+,19-6?,21-7-/t20?,24?,25-,26+. The number of nitrogens with one attached hydrogen (secondary N) is 1. The molecule has 164 valence electrons. The van der Waals surface area contributed by atoms with E-state index in [2.05, 4.69) is 48.4 Å². The molecule has 1 amide bonds. The molecule has 4 heteroatoms. The van der Waals surface area contributed by atoms with Crippen LogP contribution in [0.1, 0.15) is 44.7 Å². The summed E-state index contributed by atoms with van der Waals surface area (Å²) in [5.74, 6) is 2.04. The van der Waals surface area contributed by atoms with Crippen LogP contribution in [0, 0.1) is 23.6 Å². The van der Waals surface area contributed by atoms with Crippen molar-refractivity contribution < 1.29 is 9.18 Å². The minimum Gasteiger partial charge on any atom is -0.353 e. The number of hydrogen-bond donors (Lipinski definition) is 1. The van der Waals surface area contributed by atoms with Crippen molar-refractivity contribution in [3.8, 4) is 0 Å². The number of rotatable bonds is 7. The van der Waals surface area contributed by atoms with Gasteiger partial charge in [-0.2, -0.15) is 0 Å². The first-order valence-electron chi connectivity index (χ1n) is 11.5. The van der Waals surface area contributed by atoms with Crippen LogP contribution in [0.3, 0.4) is 0 Å². The Hall–Kier alpha value is -2.46. The fourth-order valence-corrected chi connectivity index (χ4v) is 5.09. The number of carbonyl (C=O) groups is 1. The van der Waals surface area contributed by atoms with Crippen LogP contribution in [0.15, 0.2) is 71.9 Å². The number of likely N-dealkylation sites (tertiary alicyclic amines) is 1. The molecule has 1 saturated carbocycles. The first kappa shape index (κ1) is 21.8. The van der Waals surface area contributed by atoms with E-state index in [9.17, 15) is 9.18 Å². The number of nitrogens with zero attached hydrogens (tertiary/aromatic N) is 1. The van der Waals surface area contributed by atoms with Gasteiger partial charge in [-0.15, -0.1) is 0 Å². The number of fused-ring (bicyclic) bond motifs is 1. The summed E-state index contributed by atoms with van der Waals surface area (Å²) in [6, 6.07) is 7.21. The molecule has 1 N–H and O–H groups in total. The summed E-state index contributed by atoms with van der Waals surface area (Å²) in [5.41, 5.74) is 3.68. The zero-order chi connectivity index (χ0) is 21.8. The van der Waals surface area contributed by atoms with E-state index in [1.54, 1.807) is 18.2 Å². The van der Waals surface area contributed by atoms with E-state index in [-0.39, 0.29) is 11.7 Å². The summed E-state index contributed by atoms with van der Waals surface area (Å²) >= 11 is 0. The van der Waals surface area contributed by atoms with Gasteiger partial charge in [-0.05, 0) is 74.1 Å². The van der Waals surface area contributed by atoms with E-state index < -0.39 is 0 Å². The minimum absolute atomic E-state index is 0.00839. The van der Waals surface area contributed by atoms with Gasteiger partial charge in [0.25, 0.3) is 0 Å². The molecule has 3 nitrogen and oxygen atoms in total. The molecule has 0 bridgehead atoms. The molecule has 0 radical (unpaired) electrons. The molecular weight excluding hydrogens is 387 g/mol. The molecule has 1 saturated heterocycles. The molecular formula is C27H33FN2O. The van der Waals surface area contributed by atoms with Crippen molar-refractivity contribution in [2.24, 2.45) is 17.8 Å². The maximum absolute atomic E-state index is 13.2. The Morgan fingerprint density at radius 3 is 2.74 bits per heavy atom. The lowest BCUT2D eigenvalue weighted by molar-refractivity contribution is -0.116. The summed E-state index contributed by atoms with van der Waals surface area (Å²) < 4.78 is 13.2. The zero-order valence-electron chi connectivity index (χ0n) is 18.6. The van der Waals surface area contributed by atoms with Crippen LogP contribution in [-0.2, 0) is 4.79 Å². The number of piperidine rings is 1. The first-order valence-corrected chi connectivity index (χ1v) is 11.5. The third-order valence-electron chi connectivity index (χ3n) is 7.06. The lowest BCUT2D eigenvalue weighted by atomic mass is 10.0. The van der Waals surface area contributed by atoms with Gasteiger partial charge in [-0.3, -0.25) is 9.69 Å². The average Bonchev–Trinajstić information content (AvgIpc) is 3.17. The zero-order valence-corrected chi connectivity index (χ0v) is 18.6. The molecule has 1 aromatic carbocycles. The van der Waals surface area contributed by atoms with Crippen LogP contribution < -0.4 is 5.32 Å². The number of benzene rings is 1.